The van der Waals surface area contributed by atoms with Crippen LogP contribution in [0.4, 0.5) is 0 Å². The minimum Gasteiger partial charge on any atom is -0.393 e. The highest BCUT2D eigenvalue weighted by Gasteiger charge is 2.72. The van der Waals surface area contributed by atoms with Crippen LogP contribution in [0, 0.1) is 5.41 Å². The number of rotatable bonds is 7. The van der Waals surface area contributed by atoms with Gasteiger partial charge in [0.1, 0.15) is 0 Å². The topological polar surface area (TPSA) is 69.4 Å². The number of thiocarbonyl (C=S) groups is 1. The molecule has 4 nitrogen and oxygen atoms in total. The Balaban J connectivity index is 2.48. The molecule has 0 spiro atoms. The number of ether oxygens (including phenoxy) is 1. The molecular weight excluding hydrogens is 386 g/mol. The summed E-state index contributed by atoms with van der Waals surface area (Å²) in [5.74, 6) is -0.170. The molecule has 0 aromatic heterocycles. The molecule has 0 amide bonds. The maximum absolute atomic E-state index is 12.5. The molecule has 0 saturated heterocycles. The third-order valence-electron chi connectivity index (χ3n) is 4.28. The second-order valence-corrected chi connectivity index (χ2v) is 9.21. The highest BCUT2D eigenvalue weighted by Crippen LogP contribution is 2.63. The summed E-state index contributed by atoms with van der Waals surface area (Å²) in [4.78, 5) is 0.218. The summed E-state index contributed by atoms with van der Waals surface area (Å²) in [7, 11) is -3.27. The molecule has 0 aliphatic heterocycles. The van der Waals surface area contributed by atoms with E-state index in [1.54, 1.807) is 6.92 Å². The van der Waals surface area contributed by atoms with Crippen molar-refractivity contribution in [1.82, 2.24) is 0 Å². The maximum Gasteiger partial charge on any atom is 0.154 e. The van der Waals surface area contributed by atoms with E-state index in [1.165, 1.54) is 0 Å². The maximum atomic E-state index is 12.5. The van der Waals surface area contributed by atoms with Crippen LogP contribution in [0.1, 0.15) is 25.3 Å². The Kier molecular flexibility index (Phi) is 5.31. The normalized spacial score (nSPS) is 27.6. The molecule has 1 aliphatic carbocycles. The number of sulfone groups is 1. The van der Waals surface area contributed by atoms with Gasteiger partial charge in [0.05, 0.1) is 22.3 Å². The van der Waals surface area contributed by atoms with Gasteiger partial charge in [0.2, 0.25) is 0 Å². The molecule has 0 heterocycles. The van der Waals surface area contributed by atoms with Gasteiger partial charge in [0, 0.05) is 22.8 Å². The molecule has 0 bridgehead atoms. The zero-order valence-corrected chi connectivity index (χ0v) is 15.8. The zero-order chi connectivity index (χ0) is 16.5. The molecule has 0 unspecified atom stereocenters. The summed E-state index contributed by atoms with van der Waals surface area (Å²) in [6.07, 6.45) is 0. The lowest BCUT2D eigenvalue weighted by Gasteiger charge is -2.16. The van der Waals surface area contributed by atoms with Gasteiger partial charge in [-0.15, -0.1) is 0 Å². The van der Waals surface area contributed by atoms with E-state index in [9.17, 15) is 8.42 Å². The van der Waals surface area contributed by atoms with Crippen LogP contribution in [-0.4, -0.2) is 37.6 Å². The molecule has 1 aliphatic rings. The summed E-state index contributed by atoms with van der Waals surface area (Å²) in [5, 5.41) is -0.602. The molecule has 1 fully saturated rings. The van der Waals surface area contributed by atoms with Gasteiger partial charge in [0.15, 0.2) is 9.84 Å². The molecule has 22 heavy (non-hydrogen) atoms. The monoisotopic (exact) mass is 405 g/mol. The molecule has 1 aromatic carbocycles. The van der Waals surface area contributed by atoms with Crippen molar-refractivity contribution in [3.8, 4) is 0 Å². The van der Waals surface area contributed by atoms with Crippen molar-refractivity contribution in [1.29, 1.82) is 0 Å². The van der Waals surface area contributed by atoms with E-state index in [2.05, 4.69) is 15.9 Å². The van der Waals surface area contributed by atoms with Crippen molar-refractivity contribution in [2.45, 2.75) is 25.0 Å². The van der Waals surface area contributed by atoms with Gasteiger partial charge >= 0.3 is 0 Å². The van der Waals surface area contributed by atoms with Crippen molar-refractivity contribution >= 4 is 43.0 Å². The first kappa shape index (κ1) is 17.8. The second kappa shape index (κ2) is 6.55. The standard InChI is InChI=1S/C15H20BrNO3S2/c1-3-20-9-15(14(17)21)12(13(15)22(18,19)4-2)10-5-7-11(16)8-6-10/h5-8,12-13H,3-4,9H2,1-2H3,(H2,17,21)/t12-,13+,15+/m1/s1. The quantitative estimate of drug-likeness (QED) is 0.706. The first-order valence-corrected chi connectivity index (χ1v) is 10.1. The lowest BCUT2D eigenvalue weighted by Crippen LogP contribution is -2.34. The summed E-state index contributed by atoms with van der Waals surface area (Å²) in [6, 6.07) is 7.63. The van der Waals surface area contributed by atoms with Crippen molar-refractivity contribution in [3.63, 3.8) is 0 Å². The number of nitrogens with two attached hydrogens (primary N) is 1. The highest BCUT2D eigenvalue weighted by atomic mass is 79.9. The van der Waals surface area contributed by atoms with Gasteiger partial charge < -0.3 is 10.5 Å². The third kappa shape index (κ3) is 2.96. The molecule has 1 aromatic rings. The number of halogens is 1. The van der Waals surface area contributed by atoms with E-state index in [0.29, 0.717) is 6.61 Å². The van der Waals surface area contributed by atoms with E-state index in [1.807, 2.05) is 31.2 Å². The van der Waals surface area contributed by atoms with Crippen LogP contribution in [0.3, 0.4) is 0 Å². The largest absolute Gasteiger partial charge is 0.393 e. The Morgan fingerprint density at radius 2 is 1.95 bits per heavy atom. The SMILES string of the molecule is CCOC[C@]1(C(N)=S)[C@H](c2ccc(Br)cc2)[C@@H]1S(=O)(=O)CC. The van der Waals surface area contributed by atoms with Gasteiger partial charge in [-0.3, -0.25) is 0 Å². The van der Waals surface area contributed by atoms with Gasteiger partial charge in [-0.25, -0.2) is 8.42 Å². The van der Waals surface area contributed by atoms with E-state index in [0.717, 1.165) is 10.0 Å². The Labute approximate surface area is 145 Å². The molecule has 1 saturated carbocycles. The minimum absolute atomic E-state index is 0.0706. The van der Waals surface area contributed by atoms with Crippen LogP contribution >= 0.6 is 28.1 Å². The third-order valence-corrected chi connectivity index (χ3v) is 7.46. The number of hydrogen-bond donors (Lipinski definition) is 1. The highest BCUT2D eigenvalue weighted by molar-refractivity contribution is 9.10. The van der Waals surface area contributed by atoms with Crippen LogP contribution < -0.4 is 5.73 Å². The first-order chi connectivity index (χ1) is 10.3. The van der Waals surface area contributed by atoms with Crippen molar-refractivity contribution in [3.05, 3.63) is 34.3 Å². The fourth-order valence-corrected chi connectivity index (χ4v) is 5.79. The van der Waals surface area contributed by atoms with Crippen LogP contribution in [0.15, 0.2) is 28.7 Å². The lowest BCUT2D eigenvalue weighted by atomic mass is 10.00. The number of benzene rings is 1. The predicted molar refractivity (Wildman–Crippen MR) is 95.8 cm³/mol. The fraction of sp³-hybridized carbons (Fsp3) is 0.533. The van der Waals surface area contributed by atoms with E-state index >= 15 is 0 Å². The van der Waals surface area contributed by atoms with Crippen LogP contribution in [0.25, 0.3) is 0 Å². The summed E-state index contributed by atoms with van der Waals surface area (Å²) >= 11 is 8.62. The Morgan fingerprint density at radius 1 is 1.36 bits per heavy atom. The van der Waals surface area contributed by atoms with Crippen LogP contribution in [-0.2, 0) is 14.6 Å². The van der Waals surface area contributed by atoms with Gasteiger partial charge in [-0.2, -0.15) is 0 Å². The fourth-order valence-electron chi connectivity index (χ4n) is 3.06. The molecular formula is C15H20BrNO3S2. The molecule has 3 atom stereocenters. The van der Waals surface area contributed by atoms with Gasteiger partial charge in [-0.05, 0) is 24.6 Å². The zero-order valence-electron chi connectivity index (χ0n) is 12.6. The number of hydrogen-bond acceptors (Lipinski definition) is 4. The van der Waals surface area contributed by atoms with E-state index in [4.69, 9.17) is 22.7 Å². The molecule has 2 rings (SSSR count). The first-order valence-electron chi connectivity index (χ1n) is 7.16. The minimum atomic E-state index is -3.27. The molecule has 7 heteroatoms. The lowest BCUT2D eigenvalue weighted by molar-refractivity contribution is 0.121. The van der Waals surface area contributed by atoms with E-state index < -0.39 is 20.5 Å². The Hall–Kier alpha value is -0.500. The summed E-state index contributed by atoms with van der Waals surface area (Å²) in [5.41, 5.74) is 6.08. The van der Waals surface area contributed by atoms with Crippen molar-refractivity contribution < 1.29 is 13.2 Å². The molecule has 0 radical (unpaired) electrons. The predicted octanol–water partition coefficient (Wildman–Crippen LogP) is 2.66. The molecule has 2 N–H and O–H groups in total. The molecule has 122 valence electrons. The van der Waals surface area contributed by atoms with Crippen molar-refractivity contribution in [2.24, 2.45) is 11.1 Å². The summed E-state index contributed by atoms with van der Waals surface area (Å²) in [6.45, 7) is 4.25. The van der Waals surface area contributed by atoms with Crippen LogP contribution in [0.5, 0.6) is 0 Å². The second-order valence-electron chi connectivity index (χ2n) is 5.44. The van der Waals surface area contributed by atoms with Gasteiger partial charge in [-0.1, -0.05) is 47.2 Å². The van der Waals surface area contributed by atoms with Gasteiger partial charge in [0.25, 0.3) is 0 Å². The Bertz CT molecular complexity index is 660. The average molecular weight is 406 g/mol. The van der Waals surface area contributed by atoms with Crippen molar-refractivity contribution in [2.75, 3.05) is 19.0 Å². The average Bonchev–Trinajstić information content (AvgIpc) is 3.17. The Morgan fingerprint density at radius 3 is 2.41 bits per heavy atom. The smallest absolute Gasteiger partial charge is 0.154 e. The van der Waals surface area contributed by atoms with E-state index in [-0.39, 0.29) is 23.3 Å². The van der Waals surface area contributed by atoms with Crippen LogP contribution in [0.2, 0.25) is 0 Å². The summed E-state index contributed by atoms with van der Waals surface area (Å²) < 4.78 is 31.5.